The van der Waals surface area contributed by atoms with Gasteiger partial charge >= 0.3 is 0 Å². The summed E-state index contributed by atoms with van der Waals surface area (Å²) < 4.78 is 0. The van der Waals surface area contributed by atoms with Crippen LogP contribution in [0.3, 0.4) is 0 Å². The Kier molecular flexibility index (Phi) is 4.91. The zero-order valence-corrected chi connectivity index (χ0v) is 16.1. The summed E-state index contributed by atoms with van der Waals surface area (Å²) in [6, 6.07) is 15.8. The minimum atomic E-state index is -0.147. The Morgan fingerprint density at radius 1 is 1.18 bits per heavy atom. The van der Waals surface area contributed by atoms with Gasteiger partial charge < -0.3 is 20.2 Å². The molecule has 2 aliphatic heterocycles. The zero-order chi connectivity index (χ0) is 19.8. The summed E-state index contributed by atoms with van der Waals surface area (Å²) in [5.74, 6) is 0.177. The van der Waals surface area contributed by atoms with E-state index in [2.05, 4.69) is 17.4 Å². The predicted octanol–water partition coefficient (Wildman–Crippen LogP) is 1.31. The van der Waals surface area contributed by atoms with E-state index in [1.165, 1.54) is 0 Å². The first-order valence-electron chi connectivity index (χ1n) is 9.56. The Morgan fingerprint density at radius 2 is 1.93 bits per heavy atom. The molecule has 2 fully saturated rings. The largest absolute Gasteiger partial charge is 0.394 e. The molecule has 0 bridgehead atoms. The summed E-state index contributed by atoms with van der Waals surface area (Å²) in [5.41, 5.74) is 3.81. The molecule has 0 spiro atoms. The number of hydrogen-bond acceptors (Lipinski definition) is 4. The van der Waals surface area contributed by atoms with Crippen molar-refractivity contribution in [2.45, 2.75) is 18.0 Å². The maximum absolute atomic E-state index is 12.2. The second kappa shape index (κ2) is 7.37. The van der Waals surface area contributed by atoms with Gasteiger partial charge in [0.1, 0.15) is 0 Å². The average molecular weight is 379 g/mol. The number of hydrogen-bond donors (Lipinski definition) is 2. The lowest BCUT2D eigenvalue weighted by Gasteiger charge is -2.57. The number of carbonyl (C=O) groups is 2. The van der Waals surface area contributed by atoms with Gasteiger partial charge in [-0.1, -0.05) is 36.4 Å². The molecule has 2 aromatic carbocycles. The predicted molar refractivity (Wildman–Crippen MR) is 107 cm³/mol. The van der Waals surface area contributed by atoms with Crippen molar-refractivity contribution in [1.82, 2.24) is 15.1 Å². The molecular formula is C22H25N3O3. The number of benzene rings is 2. The molecule has 0 radical (unpaired) electrons. The monoisotopic (exact) mass is 379 g/mol. The molecular weight excluding hydrogens is 354 g/mol. The van der Waals surface area contributed by atoms with E-state index in [-0.39, 0.29) is 36.4 Å². The third-order valence-corrected chi connectivity index (χ3v) is 5.79. The van der Waals surface area contributed by atoms with Crippen molar-refractivity contribution in [2.75, 3.05) is 33.8 Å². The molecule has 2 amide bonds. The number of nitrogens with zero attached hydrogens (tertiary/aromatic N) is 2. The number of rotatable bonds is 4. The van der Waals surface area contributed by atoms with Crippen LogP contribution in [0.25, 0.3) is 11.1 Å². The van der Waals surface area contributed by atoms with E-state index in [0.717, 1.165) is 23.2 Å². The summed E-state index contributed by atoms with van der Waals surface area (Å²) in [7, 11) is 3.49. The van der Waals surface area contributed by atoms with Gasteiger partial charge in [0, 0.05) is 32.1 Å². The molecule has 28 heavy (non-hydrogen) atoms. The number of aliphatic hydroxyl groups excluding tert-OH is 1. The molecule has 2 saturated heterocycles. The lowest BCUT2D eigenvalue weighted by molar-refractivity contribution is -0.153. The van der Waals surface area contributed by atoms with Gasteiger partial charge in [0.25, 0.3) is 5.91 Å². The van der Waals surface area contributed by atoms with Gasteiger partial charge in [0.2, 0.25) is 5.91 Å². The van der Waals surface area contributed by atoms with E-state index in [4.69, 9.17) is 0 Å². The number of amides is 2. The van der Waals surface area contributed by atoms with Gasteiger partial charge in [-0.15, -0.1) is 0 Å². The van der Waals surface area contributed by atoms with Crippen LogP contribution in [0.4, 0.5) is 0 Å². The Balaban J connectivity index is 1.57. The normalized spacial score (nSPS) is 23.8. The molecule has 146 valence electrons. The number of fused-ring (bicyclic) bond motifs is 1. The van der Waals surface area contributed by atoms with Gasteiger partial charge in [-0.05, 0) is 28.8 Å². The highest BCUT2D eigenvalue weighted by Crippen LogP contribution is 2.41. The number of carbonyl (C=O) groups excluding carboxylic acids is 2. The maximum atomic E-state index is 12.2. The third-order valence-electron chi connectivity index (χ3n) is 5.79. The standard InChI is InChI=1S/C22H25N3O3/c1-24(2)22(28)17-5-3-4-16(10-17)14-6-8-15(9-7-14)21-18-11-23-12-20(27)25(18)19(21)13-26/h3-10,18-19,21,23,26H,11-13H2,1-2H3/t18-,19+,21-/m0/s1. The van der Waals surface area contributed by atoms with Crippen molar-refractivity contribution in [2.24, 2.45) is 0 Å². The van der Waals surface area contributed by atoms with Crippen LogP contribution in [0.15, 0.2) is 48.5 Å². The molecule has 6 heteroatoms. The van der Waals surface area contributed by atoms with Crippen LogP contribution < -0.4 is 5.32 Å². The Bertz CT molecular complexity index is 888. The average Bonchev–Trinajstić information content (AvgIpc) is 2.69. The smallest absolute Gasteiger partial charge is 0.253 e. The molecule has 3 atom stereocenters. The van der Waals surface area contributed by atoms with Crippen molar-refractivity contribution in [3.05, 3.63) is 59.7 Å². The first-order valence-corrected chi connectivity index (χ1v) is 9.56. The minimum Gasteiger partial charge on any atom is -0.394 e. The van der Waals surface area contributed by atoms with Crippen LogP contribution in [-0.2, 0) is 4.79 Å². The van der Waals surface area contributed by atoms with Crippen molar-refractivity contribution in [3.63, 3.8) is 0 Å². The highest BCUT2D eigenvalue weighted by atomic mass is 16.3. The second-order valence-corrected chi connectivity index (χ2v) is 7.68. The van der Waals surface area contributed by atoms with Gasteiger partial charge in [0.05, 0.1) is 25.2 Å². The van der Waals surface area contributed by atoms with E-state index in [9.17, 15) is 14.7 Å². The van der Waals surface area contributed by atoms with Crippen LogP contribution in [0.5, 0.6) is 0 Å². The van der Waals surface area contributed by atoms with Crippen LogP contribution in [-0.4, -0.2) is 72.6 Å². The molecule has 0 aromatic heterocycles. The van der Waals surface area contributed by atoms with E-state index >= 15 is 0 Å². The fourth-order valence-corrected chi connectivity index (χ4v) is 4.39. The van der Waals surface area contributed by atoms with Crippen molar-refractivity contribution >= 4 is 11.8 Å². The number of aliphatic hydroxyl groups is 1. The fourth-order valence-electron chi connectivity index (χ4n) is 4.39. The Labute approximate surface area is 164 Å². The highest BCUT2D eigenvalue weighted by Gasteiger charge is 2.52. The summed E-state index contributed by atoms with van der Waals surface area (Å²) in [4.78, 5) is 27.7. The molecule has 0 unspecified atom stereocenters. The fraction of sp³-hybridized carbons (Fsp3) is 0.364. The first kappa shape index (κ1) is 18.7. The van der Waals surface area contributed by atoms with Gasteiger partial charge in [-0.25, -0.2) is 0 Å². The molecule has 2 aromatic rings. The molecule has 0 aliphatic carbocycles. The number of piperazine rings is 1. The van der Waals surface area contributed by atoms with Gasteiger partial charge in [0.15, 0.2) is 0 Å². The second-order valence-electron chi connectivity index (χ2n) is 7.68. The number of nitrogens with one attached hydrogen (secondary N) is 1. The molecule has 2 N–H and O–H groups in total. The zero-order valence-electron chi connectivity index (χ0n) is 16.1. The van der Waals surface area contributed by atoms with Crippen LogP contribution >= 0.6 is 0 Å². The van der Waals surface area contributed by atoms with Crippen molar-refractivity contribution < 1.29 is 14.7 Å². The SMILES string of the molecule is CN(C)C(=O)c1cccc(-c2ccc([C@@H]3[C@@H](CO)N4C(=O)CNC[C@@H]34)cc2)c1. The van der Waals surface area contributed by atoms with E-state index in [1.807, 2.05) is 41.3 Å². The van der Waals surface area contributed by atoms with E-state index in [0.29, 0.717) is 12.1 Å². The van der Waals surface area contributed by atoms with Crippen LogP contribution in [0, 0.1) is 0 Å². The lowest BCUT2D eigenvalue weighted by atomic mass is 9.74. The van der Waals surface area contributed by atoms with Crippen molar-refractivity contribution in [3.8, 4) is 11.1 Å². The van der Waals surface area contributed by atoms with E-state index in [1.54, 1.807) is 19.0 Å². The van der Waals surface area contributed by atoms with Gasteiger partial charge in [-0.3, -0.25) is 9.59 Å². The molecule has 0 saturated carbocycles. The first-order chi connectivity index (χ1) is 13.5. The minimum absolute atomic E-state index is 0.0201. The Morgan fingerprint density at radius 3 is 2.61 bits per heavy atom. The lowest BCUT2D eigenvalue weighted by Crippen LogP contribution is -2.72. The van der Waals surface area contributed by atoms with Crippen molar-refractivity contribution in [1.29, 1.82) is 0 Å². The molecule has 2 aliphatic rings. The summed E-state index contributed by atoms with van der Waals surface area (Å²) in [5, 5.41) is 12.9. The molecule has 6 nitrogen and oxygen atoms in total. The maximum Gasteiger partial charge on any atom is 0.253 e. The van der Waals surface area contributed by atoms with Gasteiger partial charge in [-0.2, -0.15) is 0 Å². The summed E-state index contributed by atoms with van der Waals surface area (Å²) >= 11 is 0. The molecule has 4 rings (SSSR count). The molecule has 2 heterocycles. The third kappa shape index (κ3) is 3.08. The highest BCUT2D eigenvalue weighted by molar-refractivity contribution is 5.95. The topological polar surface area (TPSA) is 72.9 Å². The van der Waals surface area contributed by atoms with Crippen LogP contribution in [0.1, 0.15) is 21.8 Å². The van der Waals surface area contributed by atoms with Crippen LogP contribution in [0.2, 0.25) is 0 Å². The summed E-state index contributed by atoms with van der Waals surface area (Å²) in [6.07, 6.45) is 0. The van der Waals surface area contributed by atoms with E-state index < -0.39 is 0 Å². The quantitative estimate of drug-likeness (QED) is 0.840. The Hall–Kier alpha value is -2.70. The summed E-state index contributed by atoms with van der Waals surface area (Å²) in [6.45, 7) is 1.08.